The Kier molecular flexibility index (Phi) is 5.82. The first kappa shape index (κ1) is 21.2. The smallest absolute Gasteiger partial charge is 0.326 e. The van der Waals surface area contributed by atoms with Gasteiger partial charge in [-0.3, -0.25) is 14.3 Å². The summed E-state index contributed by atoms with van der Waals surface area (Å²) in [5.41, 5.74) is 5.12. The summed E-state index contributed by atoms with van der Waals surface area (Å²) < 4.78 is 1.87. The summed E-state index contributed by atoms with van der Waals surface area (Å²) in [6.07, 6.45) is 6.11. The van der Waals surface area contributed by atoms with Crippen LogP contribution >= 0.6 is 0 Å². The lowest BCUT2D eigenvalue weighted by atomic mass is 10.1. The molecule has 0 atom stereocenters. The molecule has 2 aromatic carbocycles. The average molecular weight is 441 g/mol. The first-order chi connectivity index (χ1) is 16.1. The molecule has 0 bridgehead atoms. The van der Waals surface area contributed by atoms with E-state index in [0.717, 1.165) is 48.0 Å². The van der Waals surface area contributed by atoms with E-state index in [9.17, 15) is 9.59 Å². The highest BCUT2D eigenvalue weighted by Gasteiger charge is 2.23. The molecule has 1 saturated carbocycles. The van der Waals surface area contributed by atoms with Crippen LogP contribution in [0.2, 0.25) is 0 Å². The second kappa shape index (κ2) is 9.06. The van der Waals surface area contributed by atoms with E-state index in [-0.39, 0.29) is 17.6 Å². The van der Waals surface area contributed by atoms with E-state index in [1.54, 1.807) is 6.20 Å². The van der Waals surface area contributed by atoms with Crippen LogP contribution in [0.3, 0.4) is 0 Å². The average Bonchev–Trinajstić information content (AvgIpc) is 3.45. The number of nitrogens with zero attached hydrogens (tertiary/aromatic N) is 3. The lowest BCUT2D eigenvalue weighted by molar-refractivity contribution is 0.0728. The highest BCUT2D eigenvalue weighted by Crippen LogP contribution is 2.31. The molecule has 1 amide bonds. The summed E-state index contributed by atoms with van der Waals surface area (Å²) >= 11 is 0. The molecule has 0 unspecified atom stereocenters. The zero-order valence-corrected chi connectivity index (χ0v) is 18.8. The van der Waals surface area contributed by atoms with Crippen molar-refractivity contribution in [2.75, 3.05) is 0 Å². The van der Waals surface area contributed by atoms with Crippen molar-refractivity contribution in [1.29, 1.82) is 0 Å². The fourth-order valence-electron chi connectivity index (χ4n) is 4.89. The number of H-pyrrole nitrogens is 1. The maximum Gasteiger partial charge on any atom is 0.326 e. The normalized spacial score (nSPS) is 14.1. The van der Waals surface area contributed by atoms with Gasteiger partial charge >= 0.3 is 5.69 Å². The fraction of sp³-hybridized carbons (Fsp3) is 0.296. The number of hydrogen-bond donors (Lipinski definition) is 1. The topological polar surface area (TPSA) is 71.0 Å². The molecular formula is C27H28N4O2. The van der Waals surface area contributed by atoms with Crippen LogP contribution in [0.15, 0.2) is 71.7 Å². The van der Waals surface area contributed by atoms with Crippen LogP contribution in [0.5, 0.6) is 0 Å². The number of nitrogens with one attached hydrogen (secondary N) is 1. The molecule has 33 heavy (non-hydrogen) atoms. The zero-order chi connectivity index (χ0) is 22.8. The molecule has 168 valence electrons. The third-order valence-corrected chi connectivity index (χ3v) is 6.48. The van der Waals surface area contributed by atoms with Gasteiger partial charge in [-0.25, -0.2) is 4.79 Å². The molecule has 0 saturated heterocycles. The van der Waals surface area contributed by atoms with Crippen molar-refractivity contribution in [1.82, 2.24) is 19.4 Å². The molecule has 4 aromatic rings. The molecular weight excluding hydrogens is 412 g/mol. The minimum atomic E-state index is -0.0911. The Morgan fingerprint density at radius 3 is 2.67 bits per heavy atom. The van der Waals surface area contributed by atoms with Crippen molar-refractivity contribution in [2.24, 2.45) is 0 Å². The number of amides is 1. The van der Waals surface area contributed by atoms with Crippen LogP contribution in [0.25, 0.3) is 11.0 Å². The van der Waals surface area contributed by atoms with Crippen molar-refractivity contribution in [3.63, 3.8) is 0 Å². The van der Waals surface area contributed by atoms with Crippen molar-refractivity contribution in [2.45, 2.75) is 51.7 Å². The predicted octanol–water partition coefficient (Wildman–Crippen LogP) is 4.99. The molecule has 5 rings (SSSR count). The Balaban J connectivity index is 1.48. The first-order valence-electron chi connectivity index (χ1n) is 11.6. The predicted molar refractivity (Wildman–Crippen MR) is 129 cm³/mol. The number of pyridine rings is 1. The monoisotopic (exact) mass is 440 g/mol. The third kappa shape index (κ3) is 4.46. The lowest BCUT2D eigenvalue weighted by Crippen LogP contribution is -2.30. The number of aryl methyl sites for hydroxylation is 1. The van der Waals surface area contributed by atoms with Gasteiger partial charge < -0.3 is 9.88 Å². The van der Waals surface area contributed by atoms with Gasteiger partial charge in [0.2, 0.25) is 0 Å². The van der Waals surface area contributed by atoms with E-state index in [4.69, 9.17) is 0 Å². The number of benzene rings is 2. The van der Waals surface area contributed by atoms with Gasteiger partial charge in [0, 0.05) is 24.3 Å². The molecule has 1 fully saturated rings. The van der Waals surface area contributed by atoms with Gasteiger partial charge in [0.05, 0.1) is 23.3 Å². The van der Waals surface area contributed by atoms with E-state index >= 15 is 0 Å². The van der Waals surface area contributed by atoms with E-state index in [1.807, 2.05) is 71.0 Å². The van der Waals surface area contributed by atoms with E-state index in [1.165, 1.54) is 0 Å². The van der Waals surface area contributed by atoms with E-state index < -0.39 is 0 Å². The summed E-state index contributed by atoms with van der Waals surface area (Å²) in [5.74, 6) is -0.0847. The standard InChI is InChI=1S/C27H28N4O2/c1-19-7-6-8-20(15-19)17-30(18-22-9-4-5-14-28-22)26(32)21-12-13-25-24(16-21)29-27(33)31(25)23-10-2-3-11-23/h4-9,12-16,23H,2-3,10-11,17-18H2,1H3,(H,29,33). The zero-order valence-electron chi connectivity index (χ0n) is 18.8. The van der Waals surface area contributed by atoms with Gasteiger partial charge in [-0.2, -0.15) is 0 Å². The molecule has 1 aliphatic rings. The molecule has 2 heterocycles. The molecule has 1 aliphatic carbocycles. The van der Waals surface area contributed by atoms with E-state index in [0.29, 0.717) is 24.2 Å². The van der Waals surface area contributed by atoms with Gasteiger partial charge in [0.15, 0.2) is 0 Å². The van der Waals surface area contributed by atoms with Gasteiger partial charge in [-0.05, 0) is 55.7 Å². The molecule has 6 nitrogen and oxygen atoms in total. The van der Waals surface area contributed by atoms with Crippen LogP contribution < -0.4 is 5.69 Å². The maximum absolute atomic E-state index is 13.6. The van der Waals surface area contributed by atoms with Crippen molar-refractivity contribution in [3.05, 3.63) is 99.7 Å². The van der Waals surface area contributed by atoms with Gasteiger partial charge in [-0.15, -0.1) is 0 Å². The first-order valence-corrected chi connectivity index (χ1v) is 11.6. The third-order valence-electron chi connectivity index (χ3n) is 6.48. The van der Waals surface area contributed by atoms with Crippen LogP contribution in [-0.4, -0.2) is 25.3 Å². The number of carbonyl (C=O) groups excluding carboxylic acids is 1. The number of aromatic nitrogens is 3. The largest absolute Gasteiger partial charge is 0.328 e. The molecule has 6 heteroatoms. The summed E-state index contributed by atoms with van der Waals surface area (Å²) in [6.45, 7) is 2.94. The Morgan fingerprint density at radius 1 is 1.06 bits per heavy atom. The Bertz CT molecular complexity index is 1330. The van der Waals surface area contributed by atoms with Gasteiger partial charge in [0.25, 0.3) is 5.91 Å². The maximum atomic E-state index is 13.6. The molecule has 0 radical (unpaired) electrons. The van der Waals surface area contributed by atoms with Gasteiger partial charge in [0.1, 0.15) is 0 Å². The van der Waals surface area contributed by atoms with Crippen LogP contribution in [0.4, 0.5) is 0 Å². The minimum absolute atomic E-state index is 0.0847. The van der Waals surface area contributed by atoms with Crippen molar-refractivity contribution < 1.29 is 4.79 Å². The highest BCUT2D eigenvalue weighted by atomic mass is 16.2. The van der Waals surface area contributed by atoms with Crippen LogP contribution in [0.1, 0.15) is 58.9 Å². The molecule has 2 aromatic heterocycles. The van der Waals surface area contributed by atoms with Crippen molar-refractivity contribution >= 4 is 16.9 Å². The summed E-state index contributed by atoms with van der Waals surface area (Å²) in [4.78, 5) is 35.5. The fourth-order valence-corrected chi connectivity index (χ4v) is 4.89. The van der Waals surface area contributed by atoms with Crippen LogP contribution in [-0.2, 0) is 13.1 Å². The number of aromatic amines is 1. The minimum Gasteiger partial charge on any atom is -0.328 e. The Labute approximate surface area is 192 Å². The number of rotatable bonds is 6. The van der Waals surface area contributed by atoms with E-state index in [2.05, 4.69) is 16.0 Å². The highest BCUT2D eigenvalue weighted by molar-refractivity contribution is 5.97. The molecule has 1 N–H and O–H groups in total. The summed E-state index contributed by atoms with van der Waals surface area (Å²) in [6, 6.07) is 19.7. The quantitative estimate of drug-likeness (QED) is 0.459. The number of hydrogen-bond acceptors (Lipinski definition) is 3. The lowest BCUT2D eigenvalue weighted by Gasteiger charge is -2.23. The Hall–Kier alpha value is -3.67. The molecule has 0 aliphatic heterocycles. The summed E-state index contributed by atoms with van der Waals surface area (Å²) in [7, 11) is 0. The van der Waals surface area contributed by atoms with Crippen molar-refractivity contribution in [3.8, 4) is 0 Å². The Morgan fingerprint density at radius 2 is 1.91 bits per heavy atom. The number of imidazole rings is 1. The van der Waals surface area contributed by atoms with Gasteiger partial charge in [-0.1, -0.05) is 48.7 Å². The second-order valence-electron chi connectivity index (χ2n) is 8.94. The summed E-state index contributed by atoms with van der Waals surface area (Å²) in [5, 5.41) is 0. The van der Waals surface area contributed by atoms with Crippen LogP contribution in [0, 0.1) is 6.92 Å². The number of carbonyl (C=O) groups is 1. The number of fused-ring (bicyclic) bond motifs is 1. The molecule has 0 spiro atoms. The second-order valence-corrected chi connectivity index (χ2v) is 8.94. The SMILES string of the molecule is Cc1cccc(CN(Cc2ccccn2)C(=O)c2ccc3c(c2)[nH]c(=O)n3C2CCCC2)c1.